The van der Waals surface area contributed by atoms with Gasteiger partial charge in [0.15, 0.2) is 0 Å². The Kier molecular flexibility index (Phi) is 3.11. The Balaban J connectivity index is 1.60. The quantitative estimate of drug-likeness (QED) is 0.815. The summed E-state index contributed by atoms with van der Waals surface area (Å²) in [4.78, 5) is 20.9. The molecule has 1 aromatic rings. The van der Waals surface area contributed by atoms with E-state index in [2.05, 4.69) is 9.88 Å². The van der Waals surface area contributed by atoms with Gasteiger partial charge in [0.25, 0.3) is 0 Å². The van der Waals surface area contributed by atoms with Gasteiger partial charge < -0.3 is 4.90 Å². The average Bonchev–Trinajstić information content (AvgIpc) is 2.98. The average molecular weight is 265 g/mol. The maximum absolute atomic E-state index is 12.2. The number of amides is 1. The topological polar surface area (TPSA) is 36.4 Å². The van der Waals surface area contributed by atoms with Crippen LogP contribution in [0.4, 0.5) is 0 Å². The SMILES string of the molecule is CN1CCC2(CCN(Cc3nccs3)CC2)C1=O. The Hall–Kier alpha value is -0.940. The lowest BCUT2D eigenvalue weighted by atomic mass is 9.77. The zero-order valence-corrected chi connectivity index (χ0v) is 11.6. The summed E-state index contributed by atoms with van der Waals surface area (Å²) in [5.41, 5.74) is -0.0336. The molecule has 5 heteroatoms. The highest BCUT2D eigenvalue weighted by Gasteiger charge is 2.46. The Bertz CT molecular complexity index is 423. The predicted molar refractivity (Wildman–Crippen MR) is 71.3 cm³/mol. The van der Waals surface area contributed by atoms with Crippen molar-refractivity contribution in [2.24, 2.45) is 5.41 Å². The van der Waals surface area contributed by atoms with Crippen LogP contribution in [-0.4, -0.2) is 47.4 Å². The number of piperidine rings is 1. The van der Waals surface area contributed by atoms with E-state index in [1.165, 1.54) is 5.01 Å². The van der Waals surface area contributed by atoms with E-state index in [9.17, 15) is 4.79 Å². The normalized spacial score (nSPS) is 24.1. The molecule has 0 N–H and O–H groups in total. The first kappa shape index (κ1) is 12.1. The highest BCUT2D eigenvalue weighted by Crippen LogP contribution is 2.41. The summed E-state index contributed by atoms with van der Waals surface area (Å²) in [6.45, 7) is 3.93. The van der Waals surface area contributed by atoms with E-state index in [1.54, 1.807) is 11.3 Å². The first-order valence-electron chi connectivity index (χ1n) is 6.56. The molecule has 1 aromatic heterocycles. The van der Waals surface area contributed by atoms with Crippen molar-refractivity contribution >= 4 is 17.2 Å². The molecule has 2 aliphatic rings. The Morgan fingerprint density at radius 2 is 2.06 bits per heavy atom. The summed E-state index contributed by atoms with van der Waals surface area (Å²) >= 11 is 1.71. The number of aromatic nitrogens is 1. The van der Waals surface area contributed by atoms with Crippen LogP contribution in [0.2, 0.25) is 0 Å². The lowest BCUT2D eigenvalue weighted by Gasteiger charge is -2.37. The van der Waals surface area contributed by atoms with Crippen LogP contribution in [0.5, 0.6) is 0 Å². The van der Waals surface area contributed by atoms with E-state index in [0.717, 1.165) is 45.4 Å². The number of rotatable bonds is 2. The molecule has 2 saturated heterocycles. The highest BCUT2D eigenvalue weighted by atomic mass is 32.1. The number of nitrogens with zero attached hydrogens (tertiary/aromatic N) is 3. The molecule has 0 radical (unpaired) electrons. The van der Waals surface area contributed by atoms with Gasteiger partial charge in [0, 0.05) is 25.2 Å². The maximum Gasteiger partial charge on any atom is 0.228 e. The highest BCUT2D eigenvalue weighted by molar-refractivity contribution is 7.09. The second kappa shape index (κ2) is 4.63. The van der Waals surface area contributed by atoms with E-state index in [4.69, 9.17) is 0 Å². The fraction of sp³-hybridized carbons (Fsp3) is 0.692. The zero-order valence-electron chi connectivity index (χ0n) is 10.8. The standard InChI is InChI=1S/C13H19N3OS/c1-15-6-2-13(12(15)17)3-7-16(8-4-13)10-11-14-5-9-18-11/h5,9H,2-4,6-8,10H2,1H3. The van der Waals surface area contributed by atoms with Crippen molar-refractivity contribution < 1.29 is 4.79 Å². The zero-order chi connectivity index (χ0) is 12.6. The van der Waals surface area contributed by atoms with Crippen molar-refractivity contribution in [3.63, 3.8) is 0 Å². The van der Waals surface area contributed by atoms with Crippen molar-refractivity contribution in [2.45, 2.75) is 25.8 Å². The fourth-order valence-corrected chi connectivity index (χ4v) is 3.78. The third-order valence-corrected chi connectivity index (χ3v) is 5.15. The van der Waals surface area contributed by atoms with E-state index >= 15 is 0 Å². The monoisotopic (exact) mass is 265 g/mol. The molecule has 1 spiro atoms. The number of likely N-dealkylation sites (tertiary alicyclic amines) is 2. The number of thiazole rings is 1. The van der Waals surface area contributed by atoms with Crippen LogP contribution in [0.3, 0.4) is 0 Å². The van der Waals surface area contributed by atoms with Crippen molar-refractivity contribution in [3.8, 4) is 0 Å². The molecule has 98 valence electrons. The third kappa shape index (κ3) is 2.06. The summed E-state index contributed by atoms with van der Waals surface area (Å²) in [6.07, 6.45) is 4.94. The molecule has 0 saturated carbocycles. The molecule has 0 aliphatic carbocycles. The van der Waals surface area contributed by atoms with Gasteiger partial charge >= 0.3 is 0 Å². The predicted octanol–water partition coefficient (Wildman–Crippen LogP) is 1.59. The first-order valence-corrected chi connectivity index (χ1v) is 7.44. The molecule has 4 nitrogen and oxygen atoms in total. The van der Waals surface area contributed by atoms with Gasteiger partial charge in [0.2, 0.25) is 5.91 Å². The molecular weight excluding hydrogens is 246 g/mol. The van der Waals surface area contributed by atoms with Crippen LogP contribution < -0.4 is 0 Å². The lowest BCUT2D eigenvalue weighted by molar-refractivity contribution is -0.137. The summed E-state index contributed by atoms with van der Waals surface area (Å²) in [5, 5.41) is 3.21. The molecular formula is C13H19N3OS. The summed E-state index contributed by atoms with van der Waals surface area (Å²) < 4.78 is 0. The van der Waals surface area contributed by atoms with Gasteiger partial charge in [0.1, 0.15) is 5.01 Å². The molecule has 0 bridgehead atoms. The second-order valence-corrected chi connectivity index (χ2v) is 6.44. The van der Waals surface area contributed by atoms with E-state index in [1.807, 2.05) is 23.5 Å². The molecule has 18 heavy (non-hydrogen) atoms. The van der Waals surface area contributed by atoms with E-state index in [-0.39, 0.29) is 5.41 Å². The van der Waals surface area contributed by atoms with Crippen LogP contribution in [0.15, 0.2) is 11.6 Å². The Morgan fingerprint density at radius 1 is 1.33 bits per heavy atom. The van der Waals surface area contributed by atoms with E-state index in [0.29, 0.717) is 5.91 Å². The van der Waals surface area contributed by atoms with Crippen LogP contribution in [0, 0.1) is 5.41 Å². The van der Waals surface area contributed by atoms with E-state index < -0.39 is 0 Å². The third-order valence-electron chi connectivity index (χ3n) is 4.38. The number of carbonyl (C=O) groups is 1. The van der Waals surface area contributed by atoms with Gasteiger partial charge in [-0.15, -0.1) is 11.3 Å². The van der Waals surface area contributed by atoms with Crippen LogP contribution in [0.1, 0.15) is 24.3 Å². The lowest BCUT2D eigenvalue weighted by Crippen LogP contribution is -2.43. The van der Waals surface area contributed by atoms with Crippen LogP contribution in [0.25, 0.3) is 0 Å². The van der Waals surface area contributed by atoms with Crippen molar-refractivity contribution in [1.82, 2.24) is 14.8 Å². The molecule has 0 atom stereocenters. The molecule has 3 heterocycles. The minimum absolute atomic E-state index is 0.0336. The first-order chi connectivity index (χ1) is 8.70. The molecule has 0 aromatic carbocycles. The van der Waals surface area contributed by atoms with Gasteiger partial charge in [-0.1, -0.05) is 0 Å². The molecule has 2 aliphatic heterocycles. The largest absolute Gasteiger partial charge is 0.345 e. The maximum atomic E-state index is 12.2. The van der Waals surface area contributed by atoms with Gasteiger partial charge in [0.05, 0.1) is 12.0 Å². The number of carbonyl (C=O) groups excluding carboxylic acids is 1. The van der Waals surface area contributed by atoms with Crippen molar-refractivity contribution in [2.75, 3.05) is 26.7 Å². The van der Waals surface area contributed by atoms with Gasteiger partial charge in [-0.05, 0) is 32.4 Å². The summed E-state index contributed by atoms with van der Waals surface area (Å²) in [5.74, 6) is 0.372. The van der Waals surface area contributed by atoms with Gasteiger partial charge in [-0.2, -0.15) is 0 Å². The summed E-state index contributed by atoms with van der Waals surface area (Å²) in [6, 6.07) is 0. The molecule has 1 amide bonds. The number of hydrogen-bond acceptors (Lipinski definition) is 4. The minimum atomic E-state index is -0.0336. The molecule has 0 unspecified atom stereocenters. The molecule has 3 rings (SSSR count). The molecule has 2 fully saturated rings. The Morgan fingerprint density at radius 3 is 2.61 bits per heavy atom. The second-order valence-electron chi connectivity index (χ2n) is 5.46. The number of hydrogen-bond donors (Lipinski definition) is 0. The summed E-state index contributed by atoms with van der Waals surface area (Å²) in [7, 11) is 1.93. The smallest absolute Gasteiger partial charge is 0.228 e. The fourth-order valence-electron chi connectivity index (χ4n) is 3.12. The van der Waals surface area contributed by atoms with Gasteiger partial charge in [-0.25, -0.2) is 4.98 Å². The van der Waals surface area contributed by atoms with Crippen LogP contribution in [-0.2, 0) is 11.3 Å². The van der Waals surface area contributed by atoms with Crippen LogP contribution >= 0.6 is 11.3 Å². The van der Waals surface area contributed by atoms with Crippen molar-refractivity contribution in [1.29, 1.82) is 0 Å². The van der Waals surface area contributed by atoms with Gasteiger partial charge in [-0.3, -0.25) is 9.69 Å². The van der Waals surface area contributed by atoms with Crippen molar-refractivity contribution in [3.05, 3.63) is 16.6 Å². The minimum Gasteiger partial charge on any atom is -0.345 e. The Labute approximate surface area is 112 Å².